The Balaban J connectivity index is 1.71. The number of aromatic nitrogens is 2. The minimum Gasteiger partial charge on any atom is -0.497 e. The van der Waals surface area contributed by atoms with Crippen molar-refractivity contribution in [2.45, 2.75) is 38.3 Å². The summed E-state index contributed by atoms with van der Waals surface area (Å²) in [7, 11) is 3.17. The summed E-state index contributed by atoms with van der Waals surface area (Å²) in [4.78, 5) is 24.2. The molecule has 1 fully saturated rings. The van der Waals surface area contributed by atoms with E-state index in [2.05, 4.69) is 9.97 Å². The molecule has 1 saturated heterocycles. The summed E-state index contributed by atoms with van der Waals surface area (Å²) in [6, 6.07) is 5.56. The third-order valence-corrected chi connectivity index (χ3v) is 5.18. The van der Waals surface area contributed by atoms with Crippen molar-refractivity contribution >= 4 is 5.91 Å². The van der Waals surface area contributed by atoms with Gasteiger partial charge < -0.3 is 14.4 Å². The molecule has 6 nitrogen and oxygen atoms in total. The lowest BCUT2D eigenvalue weighted by Gasteiger charge is -2.36. The summed E-state index contributed by atoms with van der Waals surface area (Å²) in [5, 5.41) is 0. The lowest BCUT2D eigenvalue weighted by molar-refractivity contribution is 0.0640. The molecule has 25 heavy (non-hydrogen) atoms. The highest BCUT2D eigenvalue weighted by Crippen LogP contribution is 2.44. The maximum absolute atomic E-state index is 13.3. The summed E-state index contributed by atoms with van der Waals surface area (Å²) in [5.41, 5.74) is 2.74. The van der Waals surface area contributed by atoms with E-state index in [4.69, 9.17) is 9.47 Å². The van der Waals surface area contributed by atoms with E-state index < -0.39 is 0 Å². The van der Waals surface area contributed by atoms with Crippen LogP contribution in [0.3, 0.4) is 0 Å². The Morgan fingerprint density at radius 3 is 2.84 bits per heavy atom. The van der Waals surface area contributed by atoms with Crippen LogP contribution in [-0.4, -0.2) is 41.0 Å². The van der Waals surface area contributed by atoms with Crippen molar-refractivity contribution in [3.63, 3.8) is 0 Å². The zero-order valence-electron chi connectivity index (χ0n) is 14.7. The van der Waals surface area contributed by atoms with Crippen LogP contribution in [0.2, 0.25) is 0 Å². The SMILES string of the molecule is COc1ccc(C(=O)N2C3CCC2c2cnc(C)nc2C3)c(OC)c1. The summed E-state index contributed by atoms with van der Waals surface area (Å²) < 4.78 is 10.7. The lowest BCUT2D eigenvalue weighted by Crippen LogP contribution is -2.42. The van der Waals surface area contributed by atoms with Crippen molar-refractivity contribution in [3.05, 3.63) is 47.0 Å². The second-order valence-corrected chi connectivity index (χ2v) is 6.55. The summed E-state index contributed by atoms with van der Waals surface area (Å²) in [6.07, 6.45) is 4.62. The molecule has 2 atom stereocenters. The molecule has 6 heteroatoms. The van der Waals surface area contributed by atoms with Gasteiger partial charge in [0, 0.05) is 30.3 Å². The fourth-order valence-electron chi connectivity index (χ4n) is 4.00. The average molecular weight is 339 g/mol. The molecule has 2 unspecified atom stereocenters. The molecule has 1 aromatic carbocycles. The van der Waals surface area contributed by atoms with Crippen molar-refractivity contribution in [2.75, 3.05) is 14.2 Å². The molecule has 0 radical (unpaired) electrons. The molecule has 2 aromatic rings. The molecule has 2 bridgehead atoms. The van der Waals surface area contributed by atoms with Gasteiger partial charge in [0.2, 0.25) is 0 Å². The van der Waals surface area contributed by atoms with Crippen molar-refractivity contribution in [3.8, 4) is 11.5 Å². The molecule has 2 aliphatic heterocycles. The third kappa shape index (κ3) is 2.52. The highest BCUT2D eigenvalue weighted by Gasteiger charge is 2.44. The van der Waals surface area contributed by atoms with Crippen LogP contribution in [0.15, 0.2) is 24.4 Å². The van der Waals surface area contributed by atoms with E-state index in [0.29, 0.717) is 17.1 Å². The van der Waals surface area contributed by atoms with Crippen molar-refractivity contribution in [1.29, 1.82) is 0 Å². The number of carbonyl (C=O) groups excluding carboxylic acids is 1. The van der Waals surface area contributed by atoms with Gasteiger partial charge in [0.15, 0.2) is 0 Å². The summed E-state index contributed by atoms with van der Waals surface area (Å²) >= 11 is 0. The number of ether oxygens (including phenoxy) is 2. The van der Waals surface area contributed by atoms with Crippen LogP contribution in [0, 0.1) is 6.92 Å². The van der Waals surface area contributed by atoms with Gasteiger partial charge in [0.1, 0.15) is 17.3 Å². The molecule has 4 rings (SSSR count). The molecule has 0 spiro atoms. The largest absolute Gasteiger partial charge is 0.497 e. The monoisotopic (exact) mass is 339 g/mol. The molecule has 3 heterocycles. The quantitative estimate of drug-likeness (QED) is 0.860. The minimum atomic E-state index is -0.00164. The van der Waals surface area contributed by atoms with Crippen LogP contribution in [0.25, 0.3) is 0 Å². The first kappa shape index (κ1) is 15.9. The number of rotatable bonds is 3. The van der Waals surface area contributed by atoms with Gasteiger partial charge in [-0.3, -0.25) is 4.79 Å². The number of aryl methyl sites for hydroxylation is 1. The fourth-order valence-corrected chi connectivity index (χ4v) is 4.00. The Morgan fingerprint density at radius 2 is 2.08 bits per heavy atom. The van der Waals surface area contributed by atoms with Crippen LogP contribution in [0.5, 0.6) is 11.5 Å². The summed E-state index contributed by atoms with van der Waals surface area (Å²) in [6.45, 7) is 1.90. The second-order valence-electron chi connectivity index (χ2n) is 6.55. The number of nitrogens with zero attached hydrogens (tertiary/aromatic N) is 3. The van der Waals surface area contributed by atoms with Crippen LogP contribution in [0.1, 0.15) is 46.3 Å². The van der Waals surface area contributed by atoms with Crippen LogP contribution < -0.4 is 9.47 Å². The number of benzene rings is 1. The number of hydrogen-bond acceptors (Lipinski definition) is 5. The third-order valence-electron chi connectivity index (χ3n) is 5.18. The Bertz CT molecular complexity index is 837. The van der Waals surface area contributed by atoms with Gasteiger partial charge in [0.25, 0.3) is 5.91 Å². The Hall–Kier alpha value is -2.63. The van der Waals surface area contributed by atoms with E-state index in [0.717, 1.165) is 36.3 Å². The van der Waals surface area contributed by atoms with E-state index in [1.54, 1.807) is 32.4 Å². The van der Waals surface area contributed by atoms with Crippen molar-refractivity contribution in [2.24, 2.45) is 0 Å². The van der Waals surface area contributed by atoms with Crippen LogP contribution >= 0.6 is 0 Å². The standard InChI is InChI=1S/C19H21N3O3/c1-11-20-10-15-16(21-11)8-12-4-7-17(15)22(12)19(23)14-6-5-13(24-2)9-18(14)25-3/h5-6,9-10,12,17H,4,7-8H2,1-3H3. The maximum Gasteiger partial charge on any atom is 0.258 e. The zero-order valence-corrected chi connectivity index (χ0v) is 14.7. The van der Waals surface area contributed by atoms with Gasteiger partial charge >= 0.3 is 0 Å². The number of methoxy groups -OCH3 is 2. The Morgan fingerprint density at radius 1 is 1.24 bits per heavy atom. The second kappa shape index (κ2) is 6.02. The number of fused-ring (bicyclic) bond motifs is 4. The molecule has 130 valence electrons. The normalized spacial score (nSPS) is 21.0. The highest BCUT2D eigenvalue weighted by molar-refractivity contribution is 5.98. The van der Waals surface area contributed by atoms with Gasteiger partial charge in [-0.15, -0.1) is 0 Å². The van der Waals surface area contributed by atoms with Gasteiger partial charge in [-0.1, -0.05) is 0 Å². The van der Waals surface area contributed by atoms with E-state index in [9.17, 15) is 4.79 Å². The predicted molar refractivity (Wildman–Crippen MR) is 92.0 cm³/mol. The first-order valence-corrected chi connectivity index (χ1v) is 8.49. The zero-order chi connectivity index (χ0) is 17.6. The average Bonchev–Trinajstić information content (AvgIpc) is 2.95. The molecule has 0 N–H and O–H groups in total. The first-order chi connectivity index (χ1) is 12.1. The van der Waals surface area contributed by atoms with Crippen molar-refractivity contribution in [1.82, 2.24) is 14.9 Å². The Kier molecular flexibility index (Phi) is 3.82. The van der Waals surface area contributed by atoms with E-state index in [1.165, 1.54) is 0 Å². The molecule has 1 amide bonds. The van der Waals surface area contributed by atoms with Crippen LogP contribution in [0.4, 0.5) is 0 Å². The number of hydrogen-bond donors (Lipinski definition) is 0. The molecular formula is C19H21N3O3. The molecule has 0 aliphatic carbocycles. The van der Waals surface area contributed by atoms with E-state index >= 15 is 0 Å². The van der Waals surface area contributed by atoms with Gasteiger partial charge in [-0.25, -0.2) is 9.97 Å². The van der Waals surface area contributed by atoms with E-state index in [1.807, 2.05) is 18.0 Å². The number of carbonyl (C=O) groups is 1. The molecule has 1 aromatic heterocycles. The molecule has 2 aliphatic rings. The topological polar surface area (TPSA) is 64.5 Å². The van der Waals surface area contributed by atoms with Gasteiger partial charge in [-0.2, -0.15) is 0 Å². The first-order valence-electron chi connectivity index (χ1n) is 8.49. The van der Waals surface area contributed by atoms with Crippen molar-refractivity contribution < 1.29 is 14.3 Å². The maximum atomic E-state index is 13.3. The highest BCUT2D eigenvalue weighted by atomic mass is 16.5. The Labute approximate surface area is 146 Å². The summed E-state index contributed by atoms with van der Waals surface area (Å²) in [5.74, 6) is 1.99. The van der Waals surface area contributed by atoms with Crippen LogP contribution in [-0.2, 0) is 6.42 Å². The fraction of sp³-hybridized carbons (Fsp3) is 0.421. The minimum absolute atomic E-state index is 0.00164. The lowest BCUT2D eigenvalue weighted by atomic mass is 9.98. The van der Waals surface area contributed by atoms with Gasteiger partial charge in [-0.05, 0) is 31.9 Å². The predicted octanol–water partition coefficient (Wildman–Crippen LogP) is 2.70. The van der Waals surface area contributed by atoms with Gasteiger partial charge in [0.05, 0.1) is 31.5 Å². The molecular weight excluding hydrogens is 318 g/mol. The molecule has 0 saturated carbocycles. The smallest absolute Gasteiger partial charge is 0.258 e. The number of amides is 1. The van der Waals surface area contributed by atoms with E-state index in [-0.39, 0.29) is 18.0 Å².